The third-order valence-electron chi connectivity index (χ3n) is 6.04. The van der Waals surface area contributed by atoms with Gasteiger partial charge in [0.25, 0.3) is 0 Å². The number of hydrogen-bond donors (Lipinski definition) is 2. The minimum absolute atomic E-state index is 0.161. The van der Waals surface area contributed by atoms with Crippen LogP contribution < -0.4 is 20.1 Å². The molecule has 0 bridgehead atoms. The van der Waals surface area contributed by atoms with Crippen molar-refractivity contribution in [2.24, 2.45) is 0 Å². The second-order valence-corrected chi connectivity index (χ2v) is 9.76. The highest BCUT2D eigenvalue weighted by Gasteiger charge is 2.36. The first kappa shape index (κ1) is 21.1. The molecular weight excluding hydrogens is 488 g/mol. The molecule has 0 amide bonds. The number of para-hydroxylation sites is 2. The number of rotatable bonds is 4. The molecule has 164 valence electrons. The van der Waals surface area contributed by atoms with Crippen molar-refractivity contribution in [1.82, 2.24) is 0 Å². The van der Waals surface area contributed by atoms with Crippen LogP contribution in [0.15, 0.2) is 69.7 Å². The normalized spacial score (nSPS) is 19.9. The number of ketones is 1. The van der Waals surface area contributed by atoms with Crippen molar-refractivity contribution >= 4 is 44.4 Å². The topological polar surface area (TPSA) is 59.6 Å². The number of hydrogen-bond acceptors (Lipinski definition) is 6. The summed E-state index contributed by atoms with van der Waals surface area (Å²) in [6.45, 7) is 0. The van der Waals surface area contributed by atoms with Crippen molar-refractivity contribution in [3.63, 3.8) is 0 Å². The van der Waals surface area contributed by atoms with Crippen molar-refractivity contribution in [2.75, 3.05) is 24.9 Å². The Morgan fingerprint density at radius 2 is 1.84 bits per heavy atom. The Bertz CT molecular complexity index is 1210. The van der Waals surface area contributed by atoms with E-state index in [1.807, 2.05) is 36.4 Å². The Morgan fingerprint density at radius 1 is 1.03 bits per heavy atom. The third kappa shape index (κ3) is 3.69. The predicted molar refractivity (Wildman–Crippen MR) is 132 cm³/mol. The lowest BCUT2D eigenvalue weighted by Gasteiger charge is -2.29. The van der Waals surface area contributed by atoms with E-state index in [1.54, 1.807) is 25.6 Å². The highest BCUT2D eigenvalue weighted by Crippen LogP contribution is 2.47. The number of methoxy groups -OCH3 is 2. The summed E-state index contributed by atoms with van der Waals surface area (Å²) < 4.78 is 11.9. The van der Waals surface area contributed by atoms with E-state index >= 15 is 0 Å². The smallest absolute Gasteiger partial charge is 0.174 e. The molecule has 1 aliphatic heterocycles. The Labute approximate surface area is 199 Å². The number of Topliss-reactive ketones (excluding diaryl/α,β-unsaturated/α-hetero) is 1. The summed E-state index contributed by atoms with van der Waals surface area (Å²) in [5.74, 6) is 1.60. The largest absolute Gasteiger partial charge is 0.493 e. The quantitative estimate of drug-likeness (QED) is 0.419. The highest BCUT2D eigenvalue weighted by atomic mass is 79.9. The first-order chi connectivity index (χ1) is 15.6. The lowest BCUT2D eigenvalue weighted by Crippen LogP contribution is -2.26. The molecule has 7 heteroatoms. The Kier molecular flexibility index (Phi) is 5.69. The van der Waals surface area contributed by atoms with Gasteiger partial charge in [-0.05, 0) is 63.6 Å². The molecule has 3 aromatic rings. The van der Waals surface area contributed by atoms with Gasteiger partial charge >= 0.3 is 0 Å². The Morgan fingerprint density at radius 3 is 2.56 bits per heavy atom. The van der Waals surface area contributed by atoms with Gasteiger partial charge in [0.1, 0.15) is 0 Å². The average molecular weight is 511 g/mol. The molecule has 0 unspecified atom stereocenters. The van der Waals surface area contributed by atoms with Gasteiger partial charge in [0.2, 0.25) is 0 Å². The van der Waals surface area contributed by atoms with Crippen molar-refractivity contribution in [3.8, 4) is 11.5 Å². The van der Waals surface area contributed by atoms with Crippen LogP contribution in [0, 0.1) is 0 Å². The number of ether oxygens (including phenoxy) is 2. The van der Waals surface area contributed by atoms with Crippen LogP contribution in [0.25, 0.3) is 0 Å². The zero-order chi connectivity index (χ0) is 22.2. The van der Waals surface area contributed by atoms with E-state index in [0.29, 0.717) is 17.9 Å². The van der Waals surface area contributed by atoms with Gasteiger partial charge in [-0.2, -0.15) is 0 Å². The zero-order valence-electron chi connectivity index (χ0n) is 17.8. The predicted octanol–water partition coefficient (Wildman–Crippen LogP) is 6.51. The zero-order valence-corrected chi connectivity index (χ0v) is 20.2. The van der Waals surface area contributed by atoms with Crippen molar-refractivity contribution in [1.29, 1.82) is 0 Å². The van der Waals surface area contributed by atoms with E-state index in [4.69, 9.17) is 9.47 Å². The number of fused-ring (bicyclic) bond motifs is 1. The SMILES string of the molecule is COc1cc([C@H]2Nc3ccccc3NC3=C2C(=O)C[C@@H](c2cccs2)C3)cc(Br)c1OC. The molecule has 0 saturated heterocycles. The van der Waals surface area contributed by atoms with Crippen molar-refractivity contribution in [2.45, 2.75) is 24.8 Å². The first-order valence-electron chi connectivity index (χ1n) is 10.4. The summed E-state index contributed by atoms with van der Waals surface area (Å²) in [5.41, 5.74) is 4.63. The van der Waals surface area contributed by atoms with Gasteiger partial charge in [0.05, 0.1) is 36.1 Å². The molecule has 2 atom stereocenters. The minimum Gasteiger partial charge on any atom is -0.493 e. The number of nitrogens with one attached hydrogen (secondary N) is 2. The van der Waals surface area contributed by atoms with E-state index in [1.165, 1.54) is 4.88 Å². The summed E-state index contributed by atoms with van der Waals surface area (Å²) >= 11 is 5.32. The number of anilines is 2. The number of carbonyl (C=O) groups excluding carboxylic acids is 1. The van der Waals surface area contributed by atoms with Crippen molar-refractivity contribution < 1.29 is 14.3 Å². The number of carbonyl (C=O) groups is 1. The molecule has 1 aliphatic carbocycles. The van der Waals surface area contributed by atoms with Gasteiger partial charge in [-0.1, -0.05) is 18.2 Å². The van der Waals surface area contributed by atoms with E-state index in [2.05, 4.69) is 44.1 Å². The molecule has 0 radical (unpaired) electrons. The van der Waals surface area contributed by atoms with Gasteiger partial charge in [0.15, 0.2) is 17.3 Å². The second-order valence-electron chi connectivity index (χ2n) is 7.92. The summed E-state index contributed by atoms with van der Waals surface area (Å²) in [5, 5.41) is 9.27. The fraction of sp³-hybridized carbons (Fsp3) is 0.240. The van der Waals surface area contributed by atoms with Gasteiger partial charge in [-0.3, -0.25) is 4.79 Å². The molecular formula is C25H23BrN2O3S. The number of halogens is 1. The fourth-order valence-corrected chi connectivity index (χ4v) is 6.02. The van der Waals surface area contributed by atoms with Gasteiger partial charge in [-0.15, -0.1) is 11.3 Å². The molecule has 2 aliphatic rings. The lowest BCUT2D eigenvalue weighted by atomic mass is 9.80. The van der Waals surface area contributed by atoms with Crippen LogP contribution in [0.5, 0.6) is 11.5 Å². The third-order valence-corrected chi connectivity index (χ3v) is 7.67. The maximum Gasteiger partial charge on any atom is 0.174 e. The van der Waals surface area contributed by atoms with E-state index in [9.17, 15) is 4.79 Å². The molecule has 2 heterocycles. The van der Waals surface area contributed by atoms with Crippen LogP contribution in [-0.4, -0.2) is 20.0 Å². The van der Waals surface area contributed by atoms with Crippen molar-refractivity contribution in [3.05, 3.63) is 80.1 Å². The summed E-state index contributed by atoms with van der Waals surface area (Å²) in [6.07, 6.45) is 1.30. The van der Waals surface area contributed by atoms with E-state index in [0.717, 1.165) is 39.1 Å². The number of benzene rings is 2. The van der Waals surface area contributed by atoms with E-state index < -0.39 is 0 Å². The van der Waals surface area contributed by atoms with Crippen LogP contribution >= 0.6 is 27.3 Å². The molecule has 5 nitrogen and oxygen atoms in total. The summed E-state index contributed by atoms with van der Waals surface area (Å²) in [6, 6.07) is 15.9. The molecule has 0 spiro atoms. The van der Waals surface area contributed by atoms with Crippen LogP contribution in [0.1, 0.15) is 35.2 Å². The maximum atomic E-state index is 13.6. The maximum absolute atomic E-state index is 13.6. The highest BCUT2D eigenvalue weighted by molar-refractivity contribution is 9.10. The van der Waals surface area contributed by atoms with Crippen LogP contribution in [0.2, 0.25) is 0 Å². The monoisotopic (exact) mass is 510 g/mol. The lowest BCUT2D eigenvalue weighted by molar-refractivity contribution is -0.116. The van der Waals surface area contributed by atoms with E-state index in [-0.39, 0.29) is 17.7 Å². The number of thiophene rings is 1. The summed E-state index contributed by atoms with van der Waals surface area (Å²) in [4.78, 5) is 14.8. The molecule has 0 fully saturated rings. The summed E-state index contributed by atoms with van der Waals surface area (Å²) in [7, 11) is 3.23. The van der Waals surface area contributed by atoms with Crippen LogP contribution in [0.3, 0.4) is 0 Å². The second kappa shape index (κ2) is 8.64. The number of allylic oxidation sites excluding steroid dienone is 1. The Balaban J connectivity index is 1.65. The van der Waals surface area contributed by atoms with Gasteiger partial charge in [0, 0.05) is 28.5 Å². The standard InChI is InChI=1S/C25H23BrN2O3S/c1-30-21-13-15(10-16(26)25(21)31-2)24-23-19(27-17-6-3-4-7-18(17)28-24)11-14(12-20(23)29)22-8-5-9-32-22/h3-10,13-14,24,27-28H,11-12H2,1-2H3/t14-,24+/m0/s1. The van der Waals surface area contributed by atoms with Gasteiger partial charge < -0.3 is 20.1 Å². The molecule has 32 heavy (non-hydrogen) atoms. The van der Waals surface area contributed by atoms with Crippen LogP contribution in [0.4, 0.5) is 11.4 Å². The average Bonchev–Trinajstić information content (AvgIpc) is 3.27. The molecule has 5 rings (SSSR count). The Hall–Kier alpha value is -2.77. The molecule has 2 N–H and O–H groups in total. The molecule has 0 saturated carbocycles. The molecule has 1 aromatic heterocycles. The minimum atomic E-state index is -0.311. The fourth-order valence-electron chi connectivity index (χ4n) is 4.57. The van der Waals surface area contributed by atoms with Crippen LogP contribution in [-0.2, 0) is 4.79 Å². The van der Waals surface area contributed by atoms with Gasteiger partial charge in [-0.25, -0.2) is 0 Å². The first-order valence-corrected chi connectivity index (χ1v) is 12.1. The molecule has 2 aromatic carbocycles.